The molecular weight excluding hydrogens is 316 g/mol. The molecule has 3 aliphatic rings. The van der Waals surface area contributed by atoms with Crippen LogP contribution in [0.5, 0.6) is 0 Å². The first-order valence-electron chi connectivity index (χ1n) is 10.3. The normalized spacial score (nSPS) is 25.9. The summed E-state index contributed by atoms with van der Waals surface area (Å²) in [6.07, 6.45) is 11.7. The van der Waals surface area contributed by atoms with Crippen molar-refractivity contribution in [3.8, 4) is 0 Å². The highest BCUT2D eigenvalue weighted by atomic mass is 16.5. The van der Waals surface area contributed by atoms with Gasteiger partial charge in [-0.05, 0) is 57.8 Å². The maximum absolute atomic E-state index is 13.0. The minimum atomic E-state index is -0.559. The fourth-order valence-corrected chi connectivity index (χ4v) is 4.72. The second-order valence-corrected chi connectivity index (χ2v) is 8.29. The summed E-state index contributed by atoms with van der Waals surface area (Å²) in [6.45, 7) is 5.05. The van der Waals surface area contributed by atoms with E-state index < -0.39 is 6.04 Å². The average Bonchev–Trinajstić information content (AvgIpc) is 3.41. The van der Waals surface area contributed by atoms with Crippen molar-refractivity contribution in [2.45, 2.75) is 95.8 Å². The first-order valence-corrected chi connectivity index (χ1v) is 10.3. The third kappa shape index (κ3) is 4.55. The van der Waals surface area contributed by atoms with Crippen LogP contribution in [0.3, 0.4) is 0 Å². The molecule has 5 nitrogen and oxygen atoms in total. The van der Waals surface area contributed by atoms with E-state index in [0.29, 0.717) is 5.92 Å². The Morgan fingerprint density at radius 3 is 2.20 bits per heavy atom. The number of likely N-dealkylation sites (tertiary alicyclic amines) is 1. The van der Waals surface area contributed by atoms with Crippen LogP contribution in [0.1, 0.15) is 78.1 Å². The third-order valence-corrected chi connectivity index (χ3v) is 6.27. The standard InChI is InChI=1S/C20H34N2O3/c1-15(25-20(11-12-20)17-9-5-3-6-10-17)18(21-16(2)23)19(24)22-13-7-4-8-14-22/h15,17-18H,3-14H2,1-2H3,(H,21,23). The molecular formula is C20H34N2O3. The third-order valence-electron chi connectivity index (χ3n) is 6.27. The molecule has 0 bridgehead atoms. The summed E-state index contributed by atoms with van der Waals surface area (Å²) in [5, 5.41) is 2.87. The second-order valence-electron chi connectivity index (χ2n) is 8.29. The zero-order valence-electron chi connectivity index (χ0n) is 15.9. The highest BCUT2D eigenvalue weighted by molar-refractivity contribution is 5.87. The highest BCUT2D eigenvalue weighted by Crippen LogP contribution is 2.52. The maximum atomic E-state index is 13.0. The molecule has 1 heterocycles. The largest absolute Gasteiger partial charge is 0.369 e. The van der Waals surface area contributed by atoms with Gasteiger partial charge in [0.2, 0.25) is 11.8 Å². The fraction of sp³-hybridized carbons (Fsp3) is 0.900. The molecule has 1 aliphatic heterocycles. The van der Waals surface area contributed by atoms with Gasteiger partial charge in [0.25, 0.3) is 0 Å². The predicted octanol–water partition coefficient (Wildman–Crippen LogP) is 3.02. The Kier molecular flexibility index (Phi) is 6.03. The molecule has 2 aliphatic carbocycles. The summed E-state index contributed by atoms with van der Waals surface area (Å²) in [7, 11) is 0. The van der Waals surface area contributed by atoms with Gasteiger partial charge >= 0.3 is 0 Å². The van der Waals surface area contributed by atoms with Gasteiger partial charge in [-0.1, -0.05) is 19.3 Å². The zero-order chi connectivity index (χ0) is 17.9. The minimum Gasteiger partial charge on any atom is -0.369 e. The van der Waals surface area contributed by atoms with Gasteiger partial charge < -0.3 is 15.0 Å². The van der Waals surface area contributed by atoms with E-state index in [9.17, 15) is 9.59 Å². The molecule has 0 aromatic rings. The Morgan fingerprint density at radius 2 is 1.64 bits per heavy atom. The molecule has 2 amide bonds. The van der Waals surface area contributed by atoms with Crippen LogP contribution in [-0.2, 0) is 14.3 Å². The van der Waals surface area contributed by atoms with Crippen molar-refractivity contribution in [1.29, 1.82) is 0 Å². The number of ether oxygens (including phenoxy) is 1. The van der Waals surface area contributed by atoms with Gasteiger partial charge in [0.1, 0.15) is 6.04 Å². The van der Waals surface area contributed by atoms with Gasteiger partial charge in [-0.3, -0.25) is 9.59 Å². The number of hydrogen-bond acceptors (Lipinski definition) is 3. The van der Waals surface area contributed by atoms with E-state index >= 15 is 0 Å². The first kappa shape index (κ1) is 18.7. The van der Waals surface area contributed by atoms with Crippen LogP contribution in [0.2, 0.25) is 0 Å². The van der Waals surface area contributed by atoms with Crippen molar-refractivity contribution in [3.63, 3.8) is 0 Å². The number of carbonyl (C=O) groups excluding carboxylic acids is 2. The van der Waals surface area contributed by atoms with Crippen molar-refractivity contribution in [2.75, 3.05) is 13.1 Å². The van der Waals surface area contributed by atoms with Crippen LogP contribution in [0, 0.1) is 5.92 Å². The van der Waals surface area contributed by atoms with Crippen molar-refractivity contribution in [2.24, 2.45) is 5.92 Å². The Hall–Kier alpha value is -1.10. The predicted molar refractivity (Wildman–Crippen MR) is 97.1 cm³/mol. The summed E-state index contributed by atoms with van der Waals surface area (Å²) in [6, 6.07) is -0.559. The average molecular weight is 351 g/mol. The number of carbonyl (C=O) groups is 2. The lowest BCUT2D eigenvalue weighted by Gasteiger charge is -2.37. The molecule has 0 aromatic carbocycles. The van der Waals surface area contributed by atoms with Crippen molar-refractivity contribution in [1.82, 2.24) is 10.2 Å². The molecule has 142 valence electrons. The van der Waals surface area contributed by atoms with Gasteiger partial charge in [0.15, 0.2) is 0 Å². The van der Waals surface area contributed by atoms with Gasteiger partial charge in [-0.2, -0.15) is 0 Å². The Bertz CT molecular complexity index is 477. The lowest BCUT2D eigenvalue weighted by Crippen LogP contribution is -2.56. The van der Waals surface area contributed by atoms with Crippen LogP contribution >= 0.6 is 0 Å². The van der Waals surface area contributed by atoms with E-state index in [0.717, 1.165) is 38.8 Å². The van der Waals surface area contributed by atoms with E-state index in [1.54, 1.807) is 0 Å². The Morgan fingerprint density at radius 1 is 1.04 bits per heavy atom. The minimum absolute atomic E-state index is 0.0290. The summed E-state index contributed by atoms with van der Waals surface area (Å²) < 4.78 is 6.50. The van der Waals surface area contributed by atoms with Gasteiger partial charge in [0, 0.05) is 20.0 Å². The monoisotopic (exact) mass is 350 g/mol. The van der Waals surface area contributed by atoms with E-state index in [1.807, 2.05) is 11.8 Å². The lowest BCUT2D eigenvalue weighted by atomic mass is 9.83. The van der Waals surface area contributed by atoms with Crippen LogP contribution in [-0.4, -0.2) is 47.6 Å². The number of amides is 2. The zero-order valence-corrected chi connectivity index (χ0v) is 15.9. The van der Waals surface area contributed by atoms with E-state index in [-0.39, 0.29) is 23.5 Å². The highest BCUT2D eigenvalue weighted by Gasteiger charge is 2.52. The molecule has 0 radical (unpaired) electrons. The molecule has 1 N–H and O–H groups in total. The maximum Gasteiger partial charge on any atom is 0.247 e. The van der Waals surface area contributed by atoms with Gasteiger partial charge in [0.05, 0.1) is 11.7 Å². The summed E-state index contributed by atoms with van der Waals surface area (Å²) in [4.78, 5) is 26.6. The lowest BCUT2D eigenvalue weighted by molar-refractivity contribution is -0.145. The van der Waals surface area contributed by atoms with Crippen molar-refractivity contribution < 1.29 is 14.3 Å². The van der Waals surface area contributed by atoms with Crippen LogP contribution < -0.4 is 5.32 Å². The SMILES string of the molecule is CC(=O)NC(C(=O)N1CCCCC1)C(C)OC1(C2CCCCC2)CC1. The van der Waals surface area contributed by atoms with E-state index in [1.165, 1.54) is 45.4 Å². The quantitative estimate of drug-likeness (QED) is 0.801. The topological polar surface area (TPSA) is 58.6 Å². The fourth-order valence-electron chi connectivity index (χ4n) is 4.72. The summed E-state index contributed by atoms with van der Waals surface area (Å²) >= 11 is 0. The van der Waals surface area contributed by atoms with Crippen molar-refractivity contribution in [3.05, 3.63) is 0 Å². The molecule has 0 spiro atoms. The number of piperidine rings is 1. The smallest absolute Gasteiger partial charge is 0.247 e. The van der Waals surface area contributed by atoms with Gasteiger partial charge in [-0.15, -0.1) is 0 Å². The number of rotatable bonds is 6. The number of nitrogens with zero attached hydrogens (tertiary/aromatic N) is 1. The first-order chi connectivity index (χ1) is 12.0. The van der Waals surface area contributed by atoms with Crippen LogP contribution in [0.25, 0.3) is 0 Å². The van der Waals surface area contributed by atoms with E-state index in [2.05, 4.69) is 5.32 Å². The molecule has 3 fully saturated rings. The Balaban J connectivity index is 1.65. The number of nitrogens with one attached hydrogen (secondary N) is 1. The molecule has 2 saturated carbocycles. The molecule has 25 heavy (non-hydrogen) atoms. The van der Waals surface area contributed by atoms with Gasteiger partial charge in [-0.25, -0.2) is 0 Å². The molecule has 3 rings (SSSR count). The van der Waals surface area contributed by atoms with Crippen LogP contribution in [0.4, 0.5) is 0 Å². The molecule has 5 heteroatoms. The second kappa shape index (κ2) is 8.07. The van der Waals surface area contributed by atoms with Crippen molar-refractivity contribution >= 4 is 11.8 Å². The molecule has 2 atom stereocenters. The molecule has 1 saturated heterocycles. The van der Waals surface area contributed by atoms with Crippen LogP contribution in [0.15, 0.2) is 0 Å². The molecule has 0 aromatic heterocycles. The number of hydrogen-bond donors (Lipinski definition) is 1. The summed E-state index contributed by atoms with van der Waals surface area (Å²) in [5.41, 5.74) is -0.0290. The van der Waals surface area contributed by atoms with E-state index in [4.69, 9.17) is 4.74 Å². The summed E-state index contributed by atoms with van der Waals surface area (Å²) in [5.74, 6) is 0.502. The molecule has 2 unspecified atom stereocenters. The Labute approximate surface area is 151 Å².